The average molecular weight is 252 g/mol. The Morgan fingerprint density at radius 1 is 1.44 bits per heavy atom. The number of ether oxygens (including phenoxy) is 2. The average Bonchev–Trinajstić information content (AvgIpc) is 2.80. The normalized spacial score (nSPS) is 34.7. The van der Waals surface area contributed by atoms with Crippen molar-refractivity contribution in [2.75, 3.05) is 13.2 Å². The fourth-order valence-electron chi connectivity index (χ4n) is 3.39. The smallest absolute Gasteiger partial charge is 0.174 e. The van der Waals surface area contributed by atoms with Crippen LogP contribution < -0.4 is 0 Å². The van der Waals surface area contributed by atoms with Gasteiger partial charge in [0.05, 0.1) is 13.2 Å². The highest BCUT2D eigenvalue weighted by molar-refractivity contribution is 5.49. The second-order valence-electron chi connectivity index (χ2n) is 6.00. The van der Waals surface area contributed by atoms with Crippen molar-refractivity contribution in [1.82, 2.24) is 0 Å². The molecule has 3 nitrogen and oxygen atoms in total. The van der Waals surface area contributed by atoms with Gasteiger partial charge in [-0.15, -0.1) is 0 Å². The molecule has 2 aliphatic rings. The molecule has 1 spiro atoms. The number of hydrogen-bond donors (Lipinski definition) is 0. The molecule has 1 aliphatic heterocycles. The third-order valence-electron chi connectivity index (χ3n) is 4.74. The first-order chi connectivity index (χ1) is 8.53. The lowest BCUT2D eigenvalue weighted by atomic mass is 9.64. The molecule has 18 heavy (non-hydrogen) atoms. The molecule has 2 fully saturated rings. The Bertz CT molecular complexity index is 331. The monoisotopic (exact) mass is 252 g/mol. The van der Waals surface area contributed by atoms with E-state index in [-0.39, 0.29) is 5.41 Å². The van der Waals surface area contributed by atoms with E-state index in [1.807, 2.05) is 0 Å². The zero-order chi connectivity index (χ0) is 13.2. The molecule has 0 bridgehead atoms. The van der Waals surface area contributed by atoms with E-state index in [9.17, 15) is 4.79 Å². The summed E-state index contributed by atoms with van der Waals surface area (Å²) in [6.07, 6.45) is 5.48. The molecule has 0 radical (unpaired) electrons. The van der Waals surface area contributed by atoms with Gasteiger partial charge in [0.1, 0.15) is 6.29 Å². The molecule has 2 atom stereocenters. The van der Waals surface area contributed by atoms with Crippen molar-refractivity contribution in [2.24, 2.45) is 11.3 Å². The minimum atomic E-state index is -0.488. The summed E-state index contributed by atoms with van der Waals surface area (Å²) in [5.41, 5.74) is 1.17. The molecule has 2 rings (SSSR count). The lowest BCUT2D eigenvalue weighted by molar-refractivity contribution is -0.259. The molecule has 3 heteroatoms. The van der Waals surface area contributed by atoms with Crippen LogP contribution in [0.3, 0.4) is 0 Å². The summed E-state index contributed by atoms with van der Waals surface area (Å²) >= 11 is 0. The lowest BCUT2D eigenvalue weighted by Crippen LogP contribution is -2.52. The van der Waals surface area contributed by atoms with Crippen LogP contribution in [0, 0.1) is 11.3 Å². The Kier molecular flexibility index (Phi) is 3.93. The third-order valence-corrected chi connectivity index (χ3v) is 4.74. The van der Waals surface area contributed by atoms with E-state index < -0.39 is 5.79 Å². The van der Waals surface area contributed by atoms with Crippen molar-refractivity contribution in [1.29, 1.82) is 0 Å². The number of hydrogen-bond acceptors (Lipinski definition) is 3. The summed E-state index contributed by atoms with van der Waals surface area (Å²) < 4.78 is 12.0. The summed E-state index contributed by atoms with van der Waals surface area (Å²) in [4.78, 5) is 10.7. The van der Waals surface area contributed by atoms with Gasteiger partial charge in [-0.3, -0.25) is 0 Å². The van der Waals surface area contributed by atoms with Crippen LogP contribution in [0.1, 0.15) is 46.0 Å². The van der Waals surface area contributed by atoms with E-state index in [0.717, 1.165) is 32.0 Å². The van der Waals surface area contributed by atoms with E-state index in [1.54, 1.807) is 0 Å². The second-order valence-corrected chi connectivity index (χ2v) is 6.00. The highest BCUT2D eigenvalue weighted by atomic mass is 16.7. The fraction of sp³-hybridized carbons (Fsp3) is 0.800. The van der Waals surface area contributed by atoms with Crippen molar-refractivity contribution < 1.29 is 14.3 Å². The molecule has 0 aromatic heterocycles. The van der Waals surface area contributed by atoms with E-state index in [4.69, 9.17) is 9.47 Å². The molecule has 0 aromatic carbocycles. The Hall–Kier alpha value is -0.670. The van der Waals surface area contributed by atoms with Gasteiger partial charge in [0.15, 0.2) is 5.79 Å². The number of aldehydes is 1. The largest absolute Gasteiger partial charge is 0.347 e. The van der Waals surface area contributed by atoms with Crippen LogP contribution in [0.4, 0.5) is 0 Å². The molecule has 0 aromatic rings. The minimum Gasteiger partial charge on any atom is -0.347 e. The van der Waals surface area contributed by atoms with E-state index in [2.05, 4.69) is 20.4 Å². The van der Waals surface area contributed by atoms with Crippen LogP contribution in [-0.2, 0) is 14.3 Å². The standard InChI is InChI=1S/C15H24O3/c1-12(2)13-5-7-14(3,6-4-8-16)15(11-13)17-9-10-18-15/h8,13H,1,4-7,9-11H2,2-3H3/t13-,14+/m1/s1. The Morgan fingerprint density at radius 3 is 2.67 bits per heavy atom. The molecule has 1 saturated carbocycles. The second kappa shape index (κ2) is 5.14. The van der Waals surface area contributed by atoms with Crippen molar-refractivity contribution in [3.8, 4) is 0 Å². The maximum Gasteiger partial charge on any atom is 0.174 e. The summed E-state index contributed by atoms with van der Waals surface area (Å²) in [6.45, 7) is 9.70. The van der Waals surface area contributed by atoms with Gasteiger partial charge in [-0.1, -0.05) is 19.1 Å². The zero-order valence-corrected chi connectivity index (χ0v) is 11.5. The molecule has 0 amide bonds. The predicted molar refractivity (Wildman–Crippen MR) is 70.2 cm³/mol. The number of carbonyl (C=O) groups excluding carboxylic acids is 1. The summed E-state index contributed by atoms with van der Waals surface area (Å²) in [5, 5.41) is 0. The first-order valence-electron chi connectivity index (χ1n) is 6.90. The number of allylic oxidation sites excluding steroid dienone is 1. The molecule has 0 unspecified atom stereocenters. The lowest BCUT2D eigenvalue weighted by Gasteiger charge is -2.50. The highest BCUT2D eigenvalue weighted by Gasteiger charge is 2.55. The van der Waals surface area contributed by atoms with Crippen LogP contribution in [0.2, 0.25) is 0 Å². The minimum absolute atomic E-state index is 0.0453. The molecule has 1 heterocycles. The predicted octanol–water partition coefficient (Wildman–Crippen LogP) is 3.09. The zero-order valence-electron chi connectivity index (χ0n) is 11.5. The topological polar surface area (TPSA) is 35.5 Å². The Balaban J connectivity index is 2.19. The highest BCUT2D eigenvalue weighted by Crippen LogP contribution is 2.54. The summed E-state index contributed by atoms with van der Waals surface area (Å²) in [6, 6.07) is 0. The van der Waals surface area contributed by atoms with Crippen LogP contribution in [0.5, 0.6) is 0 Å². The van der Waals surface area contributed by atoms with Gasteiger partial charge in [-0.2, -0.15) is 0 Å². The van der Waals surface area contributed by atoms with Crippen molar-refractivity contribution in [2.45, 2.75) is 51.7 Å². The molecular weight excluding hydrogens is 228 g/mol. The van der Waals surface area contributed by atoms with Gasteiger partial charge < -0.3 is 14.3 Å². The van der Waals surface area contributed by atoms with Gasteiger partial charge in [-0.25, -0.2) is 0 Å². The van der Waals surface area contributed by atoms with Gasteiger partial charge in [-0.05, 0) is 32.1 Å². The number of carbonyl (C=O) groups is 1. The van der Waals surface area contributed by atoms with E-state index in [1.165, 1.54) is 5.57 Å². The molecule has 0 N–H and O–H groups in total. The van der Waals surface area contributed by atoms with E-state index >= 15 is 0 Å². The quantitative estimate of drug-likeness (QED) is 0.569. The Morgan fingerprint density at radius 2 is 2.11 bits per heavy atom. The van der Waals surface area contributed by atoms with Crippen molar-refractivity contribution in [3.05, 3.63) is 12.2 Å². The maximum absolute atomic E-state index is 10.7. The fourth-order valence-corrected chi connectivity index (χ4v) is 3.39. The molecular formula is C15H24O3. The van der Waals surface area contributed by atoms with Gasteiger partial charge in [0.25, 0.3) is 0 Å². The first-order valence-corrected chi connectivity index (χ1v) is 6.90. The summed E-state index contributed by atoms with van der Waals surface area (Å²) in [5.74, 6) is -0.00914. The molecule has 1 aliphatic carbocycles. The van der Waals surface area contributed by atoms with Crippen LogP contribution in [0.15, 0.2) is 12.2 Å². The number of rotatable bonds is 4. The van der Waals surface area contributed by atoms with Gasteiger partial charge in [0.2, 0.25) is 0 Å². The molecule has 102 valence electrons. The molecule has 1 saturated heterocycles. The van der Waals surface area contributed by atoms with Gasteiger partial charge in [0, 0.05) is 18.3 Å². The van der Waals surface area contributed by atoms with Crippen LogP contribution in [0.25, 0.3) is 0 Å². The first kappa shape index (κ1) is 13.8. The van der Waals surface area contributed by atoms with E-state index in [0.29, 0.717) is 25.6 Å². The van der Waals surface area contributed by atoms with Gasteiger partial charge >= 0.3 is 0 Å². The maximum atomic E-state index is 10.7. The third kappa shape index (κ3) is 2.26. The Labute approximate surface area is 110 Å². The van der Waals surface area contributed by atoms with Crippen molar-refractivity contribution >= 4 is 6.29 Å². The summed E-state index contributed by atoms with van der Waals surface area (Å²) in [7, 11) is 0. The van der Waals surface area contributed by atoms with Crippen LogP contribution in [-0.4, -0.2) is 25.3 Å². The SMILES string of the molecule is C=C(C)[C@@H]1CC[C@](C)(CCC=O)C2(C1)OCCO2. The van der Waals surface area contributed by atoms with Crippen molar-refractivity contribution in [3.63, 3.8) is 0 Å². The van der Waals surface area contributed by atoms with Crippen LogP contribution >= 0.6 is 0 Å².